The lowest BCUT2D eigenvalue weighted by atomic mass is 9.33. The van der Waals surface area contributed by atoms with Crippen molar-refractivity contribution >= 4 is 101 Å². The van der Waals surface area contributed by atoms with Gasteiger partial charge in [-0.05, 0) is 294 Å². The first-order valence-corrected chi connectivity index (χ1v) is 43.6. The molecule has 0 spiro atoms. The topological polar surface area (TPSA) is 16.3 Å². The van der Waals surface area contributed by atoms with Crippen LogP contribution in [-0.4, -0.2) is 15.8 Å². The van der Waals surface area contributed by atoms with E-state index in [1.54, 1.807) is 0 Å². The third-order valence-corrected chi connectivity index (χ3v) is 28.2. The van der Waals surface area contributed by atoms with Crippen LogP contribution in [0.4, 0.5) is 34.1 Å². The number of nitrogens with zero attached hydrogens (tertiary/aromatic N) is 4. The molecule has 0 bridgehead atoms. The van der Waals surface area contributed by atoms with E-state index in [1.165, 1.54) is 185 Å². The first kappa shape index (κ1) is 78.1. The number of aromatic nitrogens is 2. The van der Waals surface area contributed by atoms with E-state index >= 15 is 0 Å². The molecule has 2 aliphatic heterocycles. The molecule has 5 heteroatoms. The molecule has 594 valence electrons. The van der Waals surface area contributed by atoms with Gasteiger partial charge in [0.15, 0.2) is 0 Å². The molecule has 0 radical (unpaired) electrons. The Kier molecular flexibility index (Phi) is 17.5. The monoisotopic (exact) mass is 1530 g/mol. The van der Waals surface area contributed by atoms with Gasteiger partial charge in [0.2, 0.25) is 0 Å². The van der Waals surface area contributed by atoms with Gasteiger partial charge in [-0.3, -0.25) is 0 Å². The summed E-state index contributed by atoms with van der Waals surface area (Å²) in [5, 5.41) is 5.12. The maximum absolute atomic E-state index is 2.68. The summed E-state index contributed by atoms with van der Waals surface area (Å²) in [4.78, 5) is 5.35. The highest BCUT2D eigenvalue weighted by Crippen LogP contribution is 2.53. The van der Waals surface area contributed by atoms with Gasteiger partial charge in [-0.15, -0.1) is 0 Å². The summed E-state index contributed by atoms with van der Waals surface area (Å²) in [6.45, 7) is 61.8. The van der Waals surface area contributed by atoms with Gasteiger partial charge in [0, 0.05) is 67.0 Å². The molecule has 0 unspecified atom stereocenters. The normalized spacial score (nSPS) is 16.4. The Morgan fingerprint density at radius 1 is 0.231 bits per heavy atom. The summed E-state index contributed by atoms with van der Waals surface area (Å²) in [5.41, 5.74) is 39.0. The molecule has 4 heterocycles. The van der Waals surface area contributed by atoms with Gasteiger partial charge in [0.05, 0.1) is 22.1 Å². The third kappa shape index (κ3) is 13.1. The smallest absolute Gasteiger partial charge is 0.252 e. The van der Waals surface area contributed by atoms with Crippen molar-refractivity contribution in [1.29, 1.82) is 0 Å². The Labute approximate surface area is 699 Å². The first-order chi connectivity index (χ1) is 54.7. The molecule has 0 saturated heterocycles. The number of anilines is 6. The predicted molar refractivity (Wildman–Crippen MR) is 508 cm³/mol. The zero-order chi connectivity index (χ0) is 83.1. The zero-order valence-corrected chi connectivity index (χ0v) is 75.1. The number of rotatable bonds is 7. The highest BCUT2D eigenvalue weighted by molar-refractivity contribution is 7.00. The Hall–Kier alpha value is -10.1. The molecular formula is C112H123BN4. The van der Waals surface area contributed by atoms with Crippen molar-refractivity contribution in [3.8, 4) is 44.8 Å². The lowest BCUT2D eigenvalue weighted by Crippen LogP contribution is -2.61. The number of fused-ring (bicyclic) bond motifs is 12. The van der Waals surface area contributed by atoms with E-state index in [9.17, 15) is 0 Å². The Morgan fingerprint density at radius 3 is 0.821 bits per heavy atom. The quantitative estimate of drug-likeness (QED) is 0.148. The van der Waals surface area contributed by atoms with Crippen molar-refractivity contribution in [3.05, 3.63) is 280 Å². The van der Waals surface area contributed by atoms with Gasteiger partial charge in [-0.1, -0.05) is 295 Å². The molecule has 14 aromatic rings. The van der Waals surface area contributed by atoms with Crippen LogP contribution in [0.3, 0.4) is 0 Å². The van der Waals surface area contributed by atoms with Crippen LogP contribution in [0.25, 0.3) is 88.4 Å². The molecule has 4 nitrogen and oxygen atoms in total. The number of benzene rings is 12. The number of hydrogen-bond acceptors (Lipinski definition) is 2. The van der Waals surface area contributed by atoms with Gasteiger partial charge < -0.3 is 18.9 Å². The Balaban J connectivity index is 0.944. The minimum absolute atomic E-state index is 0.0456. The largest absolute Gasteiger partial charge is 0.311 e. The molecule has 0 amide bonds. The molecule has 0 saturated carbocycles. The molecule has 12 aromatic carbocycles. The summed E-state index contributed by atoms with van der Waals surface area (Å²) in [6.07, 6.45) is 4.70. The van der Waals surface area contributed by atoms with Crippen LogP contribution in [0.15, 0.2) is 224 Å². The molecule has 0 atom stereocenters. The van der Waals surface area contributed by atoms with E-state index in [2.05, 4.69) is 423 Å². The highest BCUT2D eigenvalue weighted by atomic mass is 15.2. The lowest BCUT2D eigenvalue weighted by Gasteiger charge is -2.45. The SMILES string of the molecule is CC(C)(C)c1cc(-c2cc3c4c(c2)N(c2ccc(-c5ccc6c(c5)C(C)(C)CCC6(C)C)cc2)c2cc(-n5c6ccc(C(C)(C)C)cc6c6cc(C(C)(C)C)ccc65)ccc2B4c2ccc(-n4c5ccc(C(C)(C)C)cc5c5cc(C(C)(C)C)ccc54)cc2N3c2ccc(-c3ccc4c(c3)C(C)(C)CCC4(C)C)cc2)cc(C(C)(C)C)c1. The molecule has 117 heavy (non-hydrogen) atoms. The van der Waals surface area contributed by atoms with Crippen LogP contribution in [-0.2, 0) is 54.1 Å². The van der Waals surface area contributed by atoms with Gasteiger partial charge >= 0.3 is 0 Å². The molecule has 2 aliphatic carbocycles. The van der Waals surface area contributed by atoms with E-state index in [0.29, 0.717) is 0 Å². The van der Waals surface area contributed by atoms with Crippen LogP contribution < -0.4 is 26.2 Å². The minimum atomic E-state index is -0.191. The van der Waals surface area contributed by atoms with Crippen LogP contribution in [0.2, 0.25) is 0 Å². The molecule has 2 aromatic heterocycles. The average Bonchev–Trinajstić information content (AvgIpc) is 0.948. The van der Waals surface area contributed by atoms with Crippen LogP contribution >= 0.6 is 0 Å². The van der Waals surface area contributed by atoms with Gasteiger partial charge in [0.1, 0.15) is 0 Å². The molecular weight excluding hydrogens is 1410 g/mol. The second kappa shape index (κ2) is 26.2. The molecule has 4 aliphatic rings. The third-order valence-electron chi connectivity index (χ3n) is 28.2. The van der Waals surface area contributed by atoms with Crippen molar-refractivity contribution in [1.82, 2.24) is 9.13 Å². The van der Waals surface area contributed by atoms with Crippen LogP contribution in [0.5, 0.6) is 0 Å². The van der Waals surface area contributed by atoms with E-state index in [-0.39, 0.29) is 60.9 Å². The summed E-state index contributed by atoms with van der Waals surface area (Å²) in [5.74, 6) is 0. The van der Waals surface area contributed by atoms with Crippen molar-refractivity contribution in [2.75, 3.05) is 9.80 Å². The van der Waals surface area contributed by atoms with E-state index in [4.69, 9.17) is 0 Å². The fourth-order valence-electron chi connectivity index (χ4n) is 20.2. The fourth-order valence-corrected chi connectivity index (χ4v) is 20.2. The zero-order valence-electron chi connectivity index (χ0n) is 75.1. The average molecular weight is 1540 g/mol. The second-order valence-electron chi connectivity index (χ2n) is 44.6. The summed E-state index contributed by atoms with van der Waals surface area (Å²) in [6, 6.07) is 91.0. The summed E-state index contributed by atoms with van der Waals surface area (Å²) in [7, 11) is 0. The van der Waals surface area contributed by atoms with Crippen molar-refractivity contribution in [2.24, 2.45) is 0 Å². The van der Waals surface area contributed by atoms with Crippen LogP contribution in [0, 0.1) is 0 Å². The van der Waals surface area contributed by atoms with Crippen LogP contribution in [0.1, 0.15) is 261 Å². The van der Waals surface area contributed by atoms with Gasteiger partial charge in [-0.25, -0.2) is 0 Å². The number of hydrogen-bond donors (Lipinski definition) is 0. The van der Waals surface area contributed by atoms with Gasteiger partial charge in [-0.2, -0.15) is 0 Å². The minimum Gasteiger partial charge on any atom is -0.311 e. The second-order valence-corrected chi connectivity index (χ2v) is 44.6. The predicted octanol–water partition coefficient (Wildman–Crippen LogP) is 29.4. The van der Waals surface area contributed by atoms with Crippen molar-refractivity contribution in [2.45, 2.75) is 260 Å². The fraction of sp³-hybridized carbons (Fsp3) is 0.357. The van der Waals surface area contributed by atoms with Crippen molar-refractivity contribution < 1.29 is 0 Å². The van der Waals surface area contributed by atoms with E-state index in [1.807, 2.05) is 0 Å². The first-order valence-electron chi connectivity index (χ1n) is 43.6. The van der Waals surface area contributed by atoms with E-state index < -0.39 is 0 Å². The molecule has 0 N–H and O–H groups in total. The standard InChI is InChI=1S/C112H123BN4/c1-103(2,3)74-33-47-94-84(62-74)85-63-75(104(4,5)6)34-48-95(85)116(94)82-41-45-92-98(66-82)114(80-37-27-68(28-38-80)70-31-43-88-90(57-70)111(23,24)53-51-109(88,19)20)100-59-73(72-55-78(107(13,14)15)61-79(56-72)108(16,17)18)60-101-102(100)113(92)93-46-42-83(117-96-49-35-76(105(7,8)9)64-86(96)87-65-77(106(10,11)12)36-50-97(87)117)67-99(93)115(101)81-39-29-69(30-40-81)71-32-44-89-91(58-71)112(25,26)54-52-110(89,21)22/h27-50,55-67H,51-54H2,1-26H3. The maximum atomic E-state index is 2.68. The molecule has 18 rings (SSSR count). The maximum Gasteiger partial charge on any atom is 0.252 e. The Morgan fingerprint density at radius 2 is 0.513 bits per heavy atom. The van der Waals surface area contributed by atoms with E-state index in [0.717, 1.165) is 35.6 Å². The van der Waals surface area contributed by atoms with Gasteiger partial charge in [0.25, 0.3) is 6.71 Å². The molecule has 0 fully saturated rings. The Bertz CT molecular complexity index is 5900. The summed E-state index contributed by atoms with van der Waals surface area (Å²) >= 11 is 0. The highest BCUT2D eigenvalue weighted by Gasteiger charge is 2.46. The summed E-state index contributed by atoms with van der Waals surface area (Å²) < 4.78 is 5.15. The lowest BCUT2D eigenvalue weighted by molar-refractivity contribution is 0.332. The van der Waals surface area contributed by atoms with Crippen molar-refractivity contribution in [3.63, 3.8) is 0 Å².